The van der Waals surface area contributed by atoms with Crippen molar-refractivity contribution in [1.82, 2.24) is 14.8 Å². The Morgan fingerprint density at radius 2 is 1.90 bits per heavy atom. The topological polar surface area (TPSA) is 59.8 Å². The Hall–Kier alpha value is -3.10. The number of nitrogens with one attached hydrogen (secondary N) is 1. The SMILES string of the molecule is Cc1cc(NC(=O)c2ccc(F)cc2F)n(-c2nc(-c3ccc(Cl)cc3)cs2)n1. The van der Waals surface area contributed by atoms with Gasteiger partial charge in [0.1, 0.15) is 17.5 Å². The molecule has 4 aromatic rings. The Morgan fingerprint density at radius 1 is 1.14 bits per heavy atom. The van der Waals surface area contributed by atoms with Gasteiger partial charge in [-0.05, 0) is 31.2 Å². The normalized spacial score (nSPS) is 10.9. The highest BCUT2D eigenvalue weighted by molar-refractivity contribution is 7.12. The van der Waals surface area contributed by atoms with Crippen molar-refractivity contribution in [2.75, 3.05) is 5.32 Å². The molecule has 0 spiro atoms. The van der Waals surface area contributed by atoms with E-state index < -0.39 is 17.5 Å². The lowest BCUT2D eigenvalue weighted by Crippen LogP contribution is -2.16. The average Bonchev–Trinajstić information content (AvgIpc) is 3.29. The van der Waals surface area contributed by atoms with Crippen LogP contribution in [0.2, 0.25) is 5.02 Å². The number of anilines is 1. The summed E-state index contributed by atoms with van der Waals surface area (Å²) in [6, 6.07) is 11.7. The molecule has 0 aliphatic rings. The van der Waals surface area contributed by atoms with Gasteiger partial charge in [0.25, 0.3) is 5.91 Å². The van der Waals surface area contributed by atoms with Crippen molar-refractivity contribution in [3.8, 4) is 16.4 Å². The van der Waals surface area contributed by atoms with Crippen LogP contribution in [0.15, 0.2) is 53.9 Å². The number of carbonyl (C=O) groups excluding carboxylic acids is 1. The first-order valence-electron chi connectivity index (χ1n) is 8.45. The molecule has 1 amide bonds. The van der Waals surface area contributed by atoms with Gasteiger partial charge >= 0.3 is 0 Å². The van der Waals surface area contributed by atoms with Crippen molar-refractivity contribution in [3.63, 3.8) is 0 Å². The fraction of sp³-hybridized carbons (Fsp3) is 0.0500. The maximum Gasteiger partial charge on any atom is 0.259 e. The average molecular weight is 431 g/mol. The van der Waals surface area contributed by atoms with Crippen LogP contribution in [0.25, 0.3) is 16.4 Å². The minimum atomic E-state index is -0.940. The number of aryl methyl sites for hydroxylation is 1. The van der Waals surface area contributed by atoms with Gasteiger partial charge in [0, 0.05) is 28.1 Å². The van der Waals surface area contributed by atoms with E-state index >= 15 is 0 Å². The highest BCUT2D eigenvalue weighted by Crippen LogP contribution is 2.27. The van der Waals surface area contributed by atoms with E-state index in [1.54, 1.807) is 25.1 Å². The first-order chi connectivity index (χ1) is 13.9. The lowest BCUT2D eigenvalue weighted by atomic mass is 10.2. The molecule has 5 nitrogen and oxygen atoms in total. The summed E-state index contributed by atoms with van der Waals surface area (Å²) in [5.41, 5.74) is 2.00. The van der Waals surface area contributed by atoms with Crippen molar-refractivity contribution >= 4 is 34.7 Å². The standard InChI is InChI=1S/C20H13ClF2N4OS/c1-11-8-18(25-19(28)15-7-6-14(22)9-16(15)23)27(26-11)20-24-17(10-29-20)12-2-4-13(21)5-3-12/h2-10H,1H3,(H,25,28). The van der Waals surface area contributed by atoms with Crippen molar-refractivity contribution in [2.24, 2.45) is 0 Å². The third-order valence-corrected chi connectivity index (χ3v) is 5.13. The number of thiazole rings is 1. The van der Waals surface area contributed by atoms with E-state index in [1.807, 2.05) is 17.5 Å². The number of hydrogen-bond acceptors (Lipinski definition) is 4. The molecule has 29 heavy (non-hydrogen) atoms. The molecule has 0 unspecified atom stereocenters. The Morgan fingerprint density at radius 3 is 2.62 bits per heavy atom. The first kappa shape index (κ1) is 19.2. The molecule has 0 aliphatic carbocycles. The number of halogens is 3. The van der Waals surface area contributed by atoms with Crippen LogP contribution in [0.4, 0.5) is 14.6 Å². The van der Waals surface area contributed by atoms with Crippen LogP contribution in [-0.4, -0.2) is 20.7 Å². The Balaban J connectivity index is 1.63. The van der Waals surface area contributed by atoms with Gasteiger partial charge in [-0.2, -0.15) is 9.78 Å². The van der Waals surface area contributed by atoms with E-state index in [0.717, 1.165) is 23.4 Å². The quantitative estimate of drug-likeness (QED) is 0.466. The molecule has 4 rings (SSSR count). The monoisotopic (exact) mass is 430 g/mol. The Labute approximate surface area is 173 Å². The molecule has 9 heteroatoms. The molecule has 2 aromatic heterocycles. The van der Waals surface area contributed by atoms with Crippen LogP contribution in [-0.2, 0) is 0 Å². The molecule has 2 heterocycles. The molecule has 0 radical (unpaired) electrons. The van der Waals surface area contributed by atoms with Crippen molar-refractivity contribution in [2.45, 2.75) is 6.92 Å². The van der Waals surface area contributed by atoms with E-state index in [9.17, 15) is 13.6 Å². The van der Waals surface area contributed by atoms with Crippen molar-refractivity contribution in [3.05, 3.63) is 81.8 Å². The van der Waals surface area contributed by atoms with Gasteiger partial charge in [0.05, 0.1) is 17.0 Å². The summed E-state index contributed by atoms with van der Waals surface area (Å²) in [4.78, 5) is 17.0. The fourth-order valence-corrected chi connectivity index (χ4v) is 3.63. The van der Waals surface area contributed by atoms with Crippen LogP contribution in [0.1, 0.15) is 16.1 Å². The van der Waals surface area contributed by atoms with Gasteiger partial charge in [-0.3, -0.25) is 4.79 Å². The second-order valence-corrected chi connectivity index (χ2v) is 7.46. The number of hydrogen-bond donors (Lipinski definition) is 1. The number of rotatable bonds is 4. The first-order valence-corrected chi connectivity index (χ1v) is 9.71. The highest BCUT2D eigenvalue weighted by Gasteiger charge is 2.18. The Kier molecular flexibility index (Phi) is 5.12. The summed E-state index contributed by atoms with van der Waals surface area (Å²) < 4.78 is 28.5. The summed E-state index contributed by atoms with van der Waals surface area (Å²) >= 11 is 7.26. The van der Waals surface area contributed by atoms with Gasteiger partial charge in [-0.1, -0.05) is 23.7 Å². The molecule has 0 fully saturated rings. The molecule has 0 aliphatic heterocycles. The zero-order chi connectivity index (χ0) is 20.5. The van der Waals surface area contributed by atoms with E-state index in [-0.39, 0.29) is 5.56 Å². The maximum atomic E-state index is 13.9. The molecular weight excluding hydrogens is 418 g/mol. The highest BCUT2D eigenvalue weighted by atomic mass is 35.5. The molecule has 0 bridgehead atoms. The predicted octanol–water partition coefficient (Wildman–Crippen LogP) is 5.49. The van der Waals surface area contributed by atoms with Crippen LogP contribution >= 0.6 is 22.9 Å². The summed E-state index contributed by atoms with van der Waals surface area (Å²) in [5, 5.41) is 9.99. The molecule has 0 saturated carbocycles. The molecule has 0 atom stereocenters. The van der Waals surface area contributed by atoms with Gasteiger partial charge < -0.3 is 5.32 Å². The molecule has 2 aromatic carbocycles. The molecule has 146 valence electrons. The minimum absolute atomic E-state index is 0.266. The number of carbonyl (C=O) groups is 1. The van der Waals surface area contributed by atoms with Crippen LogP contribution in [0, 0.1) is 18.6 Å². The van der Waals surface area contributed by atoms with E-state index in [4.69, 9.17) is 11.6 Å². The third-order valence-electron chi connectivity index (χ3n) is 4.06. The van der Waals surface area contributed by atoms with Crippen molar-refractivity contribution in [1.29, 1.82) is 0 Å². The molecule has 0 saturated heterocycles. The van der Waals surface area contributed by atoms with Gasteiger partial charge in [-0.25, -0.2) is 13.8 Å². The smallest absolute Gasteiger partial charge is 0.259 e. The second kappa shape index (κ2) is 7.73. The zero-order valence-electron chi connectivity index (χ0n) is 15.0. The van der Waals surface area contributed by atoms with Crippen molar-refractivity contribution < 1.29 is 13.6 Å². The summed E-state index contributed by atoms with van der Waals surface area (Å²) in [6.45, 7) is 1.76. The Bertz CT molecular complexity index is 1200. The van der Waals surface area contributed by atoms with E-state index in [2.05, 4.69) is 15.4 Å². The number of amides is 1. The second-order valence-electron chi connectivity index (χ2n) is 6.18. The lowest BCUT2D eigenvalue weighted by molar-refractivity contribution is 0.102. The van der Waals surface area contributed by atoms with Gasteiger partial charge in [-0.15, -0.1) is 11.3 Å². The van der Waals surface area contributed by atoms with Gasteiger partial charge in [0.2, 0.25) is 5.13 Å². The molecular formula is C20H13ClF2N4OS. The third kappa shape index (κ3) is 4.03. The minimum Gasteiger partial charge on any atom is -0.306 e. The van der Waals surface area contributed by atoms with Crippen LogP contribution in [0.3, 0.4) is 0 Å². The summed E-state index contributed by atoms with van der Waals surface area (Å²) in [6.07, 6.45) is 0. The molecule has 1 N–H and O–H groups in total. The lowest BCUT2D eigenvalue weighted by Gasteiger charge is -2.07. The summed E-state index contributed by atoms with van der Waals surface area (Å²) in [5.74, 6) is -2.08. The van der Waals surface area contributed by atoms with Gasteiger partial charge in [0.15, 0.2) is 0 Å². The summed E-state index contributed by atoms with van der Waals surface area (Å²) in [7, 11) is 0. The fourth-order valence-electron chi connectivity index (χ4n) is 2.71. The maximum absolute atomic E-state index is 13.9. The predicted molar refractivity (Wildman–Crippen MR) is 109 cm³/mol. The largest absolute Gasteiger partial charge is 0.306 e. The van der Waals surface area contributed by atoms with Crippen LogP contribution in [0.5, 0.6) is 0 Å². The number of aromatic nitrogens is 3. The number of benzene rings is 2. The van der Waals surface area contributed by atoms with Crippen LogP contribution < -0.4 is 5.32 Å². The van der Waals surface area contributed by atoms with E-state index in [1.165, 1.54) is 16.0 Å². The van der Waals surface area contributed by atoms with E-state index in [0.29, 0.717) is 27.7 Å². The zero-order valence-corrected chi connectivity index (χ0v) is 16.6. The number of nitrogens with zero attached hydrogens (tertiary/aromatic N) is 3.